The van der Waals surface area contributed by atoms with Gasteiger partial charge >= 0.3 is 6.18 Å². The summed E-state index contributed by atoms with van der Waals surface area (Å²) in [5, 5.41) is 0.831. The first-order valence-corrected chi connectivity index (χ1v) is 12.9. The average Bonchev–Trinajstić information content (AvgIpc) is 2.74. The van der Waals surface area contributed by atoms with E-state index in [-0.39, 0.29) is 6.42 Å². The molecule has 0 amide bonds. The molecule has 1 saturated carbocycles. The highest BCUT2D eigenvalue weighted by Crippen LogP contribution is 2.44. The molecule has 0 radical (unpaired) electrons. The van der Waals surface area contributed by atoms with E-state index in [2.05, 4.69) is 30.9 Å². The van der Waals surface area contributed by atoms with Crippen molar-refractivity contribution in [3.8, 4) is 0 Å². The second-order valence-corrected chi connectivity index (χ2v) is 9.75. The zero-order chi connectivity index (χ0) is 25.6. The van der Waals surface area contributed by atoms with E-state index in [0.29, 0.717) is 11.3 Å². The van der Waals surface area contributed by atoms with E-state index in [1.807, 2.05) is 19.1 Å². The van der Waals surface area contributed by atoms with Gasteiger partial charge in [-0.3, -0.25) is 0 Å². The second-order valence-electron chi connectivity index (χ2n) is 9.32. The van der Waals surface area contributed by atoms with Gasteiger partial charge in [0, 0.05) is 42.8 Å². The second kappa shape index (κ2) is 15.6. The van der Waals surface area contributed by atoms with Crippen LogP contribution in [0.5, 0.6) is 0 Å². The molecule has 1 aliphatic rings. The number of nitrogens with zero attached hydrogens (tertiary/aromatic N) is 1. The molecule has 34 heavy (non-hydrogen) atoms. The van der Waals surface area contributed by atoms with Crippen LogP contribution in [0.1, 0.15) is 71.8 Å². The van der Waals surface area contributed by atoms with Crippen molar-refractivity contribution >= 4 is 11.6 Å². The molecule has 1 fully saturated rings. The Balaban J connectivity index is 0.000000411. The van der Waals surface area contributed by atoms with Gasteiger partial charge in [-0.2, -0.15) is 13.2 Å². The van der Waals surface area contributed by atoms with Gasteiger partial charge in [-0.05, 0) is 62.3 Å². The van der Waals surface area contributed by atoms with Crippen LogP contribution in [0.25, 0.3) is 0 Å². The number of hydrogen-bond donors (Lipinski definition) is 0. The van der Waals surface area contributed by atoms with Crippen molar-refractivity contribution in [1.29, 1.82) is 0 Å². The SMILES string of the molecule is CC/C=C\C=C(/CC)C(F)(F)F.CCCN(CC(C)COC)CC1(c2ccc(Cl)cc2)CCC1. The van der Waals surface area contributed by atoms with E-state index in [0.717, 1.165) is 37.2 Å². The van der Waals surface area contributed by atoms with Crippen LogP contribution in [0, 0.1) is 5.92 Å². The minimum Gasteiger partial charge on any atom is -0.384 e. The molecule has 1 atom stereocenters. The van der Waals surface area contributed by atoms with E-state index >= 15 is 0 Å². The number of halogens is 4. The Labute approximate surface area is 210 Å². The zero-order valence-electron chi connectivity index (χ0n) is 21.6. The lowest BCUT2D eigenvalue weighted by atomic mass is 9.64. The molecular weight excluding hydrogens is 459 g/mol. The maximum Gasteiger partial charge on any atom is 0.412 e. The highest BCUT2D eigenvalue weighted by atomic mass is 35.5. The van der Waals surface area contributed by atoms with Crippen molar-refractivity contribution in [2.75, 3.05) is 33.4 Å². The van der Waals surface area contributed by atoms with Crippen LogP contribution in [-0.4, -0.2) is 44.4 Å². The number of allylic oxidation sites excluding steroid dienone is 4. The molecule has 194 valence electrons. The molecule has 0 saturated heterocycles. The minimum atomic E-state index is -4.17. The Morgan fingerprint density at radius 2 is 1.82 bits per heavy atom. The number of hydrogen-bond acceptors (Lipinski definition) is 2. The topological polar surface area (TPSA) is 12.5 Å². The van der Waals surface area contributed by atoms with Crippen molar-refractivity contribution in [1.82, 2.24) is 4.90 Å². The Morgan fingerprint density at radius 1 is 1.18 bits per heavy atom. The Bertz CT molecular complexity index is 739. The molecule has 0 spiro atoms. The van der Waals surface area contributed by atoms with Crippen molar-refractivity contribution in [2.45, 2.75) is 77.8 Å². The lowest BCUT2D eigenvalue weighted by molar-refractivity contribution is -0.0935. The molecule has 1 aromatic rings. The molecule has 1 unspecified atom stereocenters. The van der Waals surface area contributed by atoms with E-state index in [4.69, 9.17) is 16.3 Å². The number of ether oxygens (including phenoxy) is 1. The highest BCUT2D eigenvalue weighted by molar-refractivity contribution is 6.30. The van der Waals surface area contributed by atoms with Crippen LogP contribution in [0.2, 0.25) is 5.02 Å². The summed E-state index contributed by atoms with van der Waals surface area (Å²) in [5.41, 5.74) is 1.32. The summed E-state index contributed by atoms with van der Waals surface area (Å²) in [7, 11) is 1.79. The molecular formula is C28H43ClF3NO. The molecule has 0 heterocycles. The lowest BCUT2D eigenvalue weighted by Gasteiger charge is -2.46. The molecule has 0 N–H and O–H groups in total. The van der Waals surface area contributed by atoms with E-state index < -0.39 is 11.7 Å². The largest absolute Gasteiger partial charge is 0.412 e. The van der Waals surface area contributed by atoms with Gasteiger partial charge in [0.25, 0.3) is 0 Å². The molecule has 0 aromatic heterocycles. The smallest absolute Gasteiger partial charge is 0.384 e. The summed E-state index contributed by atoms with van der Waals surface area (Å²) in [5.74, 6) is 0.582. The third kappa shape index (κ3) is 10.5. The number of rotatable bonds is 12. The van der Waals surface area contributed by atoms with Gasteiger partial charge in [-0.15, -0.1) is 0 Å². The zero-order valence-corrected chi connectivity index (χ0v) is 22.3. The average molecular weight is 502 g/mol. The third-order valence-electron chi connectivity index (χ3n) is 6.27. The molecule has 2 nitrogen and oxygen atoms in total. The Hall–Kier alpha value is -1.30. The van der Waals surface area contributed by atoms with Crippen LogP contribution in [0.15, 0.2) is 48.1 Å². The van der Waals surface area contributed by atoms with Crippen LogP contribution in [0.4, 0.5) is 13.2 Å². The van der Waals surface area contributed by atoms with E-state index in [1.54, 1.807) is 13.2 Å². The Kier molecular flexibility index (Phi) is 14.1. The predicted octanol–water partition coefficient (Wildman–Crippen LogP) is 8.61. The minimum absolute atomic E-state index is 0.0254. The van der Waals surface area contributed by atoms with Crippen LogP contribution >= 0.6 is 11.6 Å². The molecule has 0 aliphatic heterocycles. The van der Waals surface area contributed by atoms with Crippen molar-refractivity contribution in [3.05, 3.63) is 58.7 Å². The third-order valence-corrected chi connectivity index (χ3v) is 6.52. The Morgan fingerprint density at radius 3 is 2.26 bits per heavy atom. The van der Waals surface area contributed by atoms with Gasteiger partial charge in [-0.1, -0.05) is 76.1 Å². The van der Waals surface area contributed by atoms with Gasteiger partial charge in [0.05, 0.1) is 0 Å². The quantitative estimate of drug-likeness (QED) is 0.266. The van der Waals surface area contributed by atoms with Gasteiger partial charge < -0.3 is 9.64 Å². The summed E-state index contributed by atoms with van der Waals surface area (Å²) in [6, 6.07) is 8.53. The number of benzene rings is 1. The van der Waals surface area contributed by atoms with Crippen molar-refractivity contribution < 1.29 is 17.9 Å². The van der Waals surface area contributed by atoms with Crippen LogP contribution in [0.3, 0.4) is 0 Å². The van der Waals surface area contributed by atoms with Gasteiger partial charge in [0.1, 0.15) is 0 Å². The maximum atomic E-state index is 12.0. The monoisotopic (exact) mass is 501 g/mol. The first-order chi connectivity index (χ1) is 16.1. The molecule has 1 aromatic carbocycles. The first-order valence-electron chi connectivity index (χ1n) is 12.5. The lowest BCUT2D eigenvalue weighted by Crippen LogP contribution is -2.47. The van der Waals surface area contributed by atoms with Crippen LogP contribution < -0.4 is 0 Å². The maximum absolute atomic E-state index is 12.0. The molecule has 1 aliphatic carbocycles. The van der Waals surface area contributed by atoms with Gasteiger partial charge in [-0.25, -0.2) is 0 Å². The first kappa shape index (κ1) is 30.7. The number of alkyl halides is 3. The van der Waals surface area contributed by atoms with E-state index in [1.165, 1.54) is 50.8 Å². The fourth-order valence-electron chi connectivity index (χ4n) is 4.44. The highest BCUT2D eigenvalue weighted by Gasteiger charge is 2.40. The summed E-state index contributed by atoms with van der Waals surface area (Å²) in [6.07, 6.45) is 6.03. The summed E-state index contributed by atoms with van der Waals surface area (Å²) in [4.78, 5) is 2.64. The van der Waals surface area contributed by atoms with Crippen LogP contribution in [-0.2, 0) is 10.2 Å². The predicted molar refractivity (Wildman–Crippen MR) is 139 cm³/mol. The molecule has 2 rings (SSSR count). The fraction of sp³-hybridized carbons (Fsp3) is 0.643. The van der Waals surface area contributed by atoms with E-state index in [9.17, 15) is 13.2 Å². The fourth-order valence-corrected chi connectivity index (χ4v) is 4.56. The summed E-state index contributed by atoms with van der Waals surface area (Å²) >= 11 is 6.06. The van der Waals surface area contributed by atoms with Crippen molar-refractivity contribution in [3.63, 3.8) is 0 Å². The van der Waals surface area contributed by atoms with Gasteiger partial charge in [0.2, 0.25) is 0 Å². The summed E-state index contributed by atoms with van der Waals surface area (Å²) in [6.45, 7) is 12.2. The van der Waals surface area contributed by atoms with Gasteiger partial charge in [0.15, 0.2) is 0 Å². The molecule has 6 heteroatoms. The number of methoxy groups -OCH3 is 1. The normalized spacial score (nSPS) is 16.8. The summed E-state index contributed by atoms with van der Waals surface area (Å²) < 4.78 is 41.4. The standard InChI is InChI=1S/C19H30ClNO.C9H13F3/c1-4-12-21(13-16(2)14-22-3)15-19(10-5-11-19)17-6-8-18(20)9-7-17;1-3-5-6-7-8(4-2)9(10,11)12/h6-9,16H,4-5,10-15H2,1-3H3;5-7H,3-4H2,1-2H3/b;6-5-,8-7+. The molecule has 0 bridgehead atoms. The van der Waals surface area contributed by atoms with Crippen molar-refractivity contribution in [2.24, 2.45) is 5.92 Å².